The van der Waals surface area contributed by atoms with Gasteiger partial charge < -0.3 is 5.11 Å². The van der Waals surface area contributed by atoms with E-state index in [-0.39, 0.29) is 17.6 Å². The summed E-state index contributed by atoms with van der Waals surface area (Å²) in [6.45, 7) is 3.85. The van der Waals surface area contributed by atoms with Gasteiger partial charge in [-0.25, -0.2) is 9.96 Å². The summed E-state index contributed by atoms with van der Waals surface area (Å²) in [6, 6.07) is 21.2. The molecular weight excluding hydrogens is 392 g/mol. The van der Waals surface area contributed by atoms with Gasteiger partial charge in [0.2, 0.25) is 5.91 Å². The van der Waals surface area contributed by atoms with Crippen molar-refractivity contribution in [1.82, 2.24) is 0 Å². The molecule has 2 aliphatic heterocycles. The van der Waals surface area contributed by atoms with Crippen molar-refractivity contribution in [2.75, 3.05) is 9.96 Å². The zero-order chi connectivity index (χ0) is 21.7. The number of anilines is 2. The van der Waals surface area contributed by atoms with Crippen LogP contribution in [-0.4, -0.2) is 23.0 Å². The molecule has 2 aliphatic rings. The number of hydrogen-bond acceptors (Lipinski definition) is 5. The fourth-order valence-electron chi connectivity index (χ4n) is 4.56. The molecule has 0 saturated carbocycles. The molecular formula is C25H22N2O4. The van der Waals surface area contributed by atoms with Crippen LogP contribution in [0.1, 0.15) is 22.7 Å². The van der Waals surface area contributed by atoms with Crippen LogP contribution < -0.4 is 9.96 Å². The van der Waals surface area contributed by atoms with Gasteiger partial charge in [-0.2, -0.15) is 0 Å². The van der Waals surface area contributed by atoms with Crippen LogP contribution in [0.4, 0.5) is 11.4 Å². The zero-order valence-corrected chi connectivity index (χ0v) is 17.2. The predicted octanol–water partition coefficient (Wildman–Crippen LogP) is 4.06. The Morgan fingerprint density at radius 1 is 0.871 bits per heavy atom. The Bertz CT molecular complexity index is 1180. The Kier molecular flexibility index (Phi) is 4.52. The van der Waals surface area contributed by atoms with Gasteiger partial charge in [0.15, 0.2) is 6.10 Å². The van der Waals surface area contributed by atoms with Crippen molar-refractivity contribution >= 4 is 23.2 Å². The summed E-state index contributed by atoms with van der Waals surface area (Å²) in [5, 5.41) is 12.2. The molecule has 2 amide bonds. The molecule has 6 nitrogen and oxygen atoms in total. The summed E-state index contributed by atoms with van der Waals surface area (Å²) in [7, 11) is 0. The highest BCUT2D eigenvalue weighted by molar-refractivity contribution is 6.24. The molecule has 0 spiro atoms. The van der Waals surface area contributed by atoms with Crippen molar-refractivity contribution in [2.45, 2.75) is 26.0 Å². The fraction of sp³-hybridized carbons (Fsp3) is 0.200. The van der Waals surface area contributed by atoms with Crippen LogP contribution in [0.2, 0.25) is 0 Å². The molecule has 0 radical (unpaired) electrons. The van der Waals surface area contributed by atoms with E-state index in [1.165, 1.54) is 4.90 Å². The van der Waals surface area contributed by atoms with Crippen molar-refractivity contribution in [3.63, 3.8) is 0 Å². The number of benzene rings is 3. The number of imide groups is 1. The minimum atomic E-state index is -0.960. The van der Waals surface area contributed by atoms with E-state index in [1.54, 1.807) is 35.4 Å². The molecule has 0 aromatic heterocycles. The number of carbonyl (C=O) groups is 2. The van der Waals surface area contributed by atoms with Gasteiger partial charge in [0.1, 0.15) is 11.7 Å². The standard InChI is InChI=1S/C25H22N2O4/c1-15-12-13-19(16(2)14-15)26-24(29)21-22(18-10-6-7-11-20(18)28)27(31-23(21)25(26)30)17-8-4-3-5-9-17/h3-14,21-23,28H,1-2H3/t21-,22-,23+/m0/s1. The first-order valence-electron chi connectivity index (χ1n) is 10.2. The van der Waals surface area contributed by atoms with E-state index in [9.17, 15) is 14.7 Å². The van der Waals surface area contributed by atoms with Crippen molar-refractivity contribution in [3.05, 3.63) is 89.5 Å². The third-order valence-corrected chi connectivity index (χ3v) is 5.97. The molecule has 3 aromatic rings. The number of aryl methyl sites for hydroxylation is 2. The van der Waals surface area contributed by atoms with E-state index in [4.69, 9.17) is 4.84 Å². The lowest BCUT2D eigenvalue weighted by molar-refractivity contribution is -0.126. The SMILES string of the molecule is Cc1ccc(N2C(=O)[C@@H]3[C@@H](ON(c4ccccc4)[C@H]3c3ccccc3O)C2=O)c(C)c1. The third kappa shape index (κ3) is 2.99. The molecule has 31 heavy (non-hydrogen) atoms. The number of fused-ring (bicyclic) bond motifs is 1. The number of rotatable bonds is 3. The molecule has 2 heterocycles. The summed E-state index contributed by atoms with van der Waals surface area (Å²) in [5.41, 5.74) is 3.73. The number of para-hydroxylation sites is 2. The average molecular weight is 414 g/mol. The highest BCUT2D eigenvalue weighted by atomic mass is 16.7. The van der Waals surface area contributed by atoms with Gasteiger partial charge in [0.05, 0.1) is 17.4 Å². The molecule has 6 heteroatoms. The number of amides is 2. The first-order valence-corrected chi connectivity index (χ1v) is 10.2. The van der Waals surface area contributed by atoms with E-state index in [0.29, 0.717) is 16.9 Å². The van der Waals surface area contributed by atoms with Gasteiger partial charge in [0, 0.05) is 5.56 Å². The molecule has 2 saturated heterocycles. The van der Waals surface area contributed by atoms with Crippen LogP contribution in [0.3, 0.4) is 0 Å². The zero-order valence-electron chi connectivity index (χ0n) is 17.2. The Hall–Kier alpha value is -3.64. The fourth-order valence-corrected chi connectivity index (χ4v) is 4.56. The molecule has 1 N–H and O–H groups in total. The third-order valence-electron chi connectivity index (χ3n) is 5.97. The molecule has 0 unspecified atom stereocenters. The number of phenols is 1. The predicted molar refractivity (Wildman–Crippen MR) is 117 cm³/mol. The molecule has 2 fully saturated rings. The maximum Gasteiger partial charge on any atom is 0.266 e. The van der Waals surface area contributed by atoms with Gasteiger partial charge in [0.25, 0.3) is 5.91 Å². The lowest BCUT2D eigenvalue weighted by Gasteiger charge is -2.29. The first kappa shape index (κ1) is 19.3. The largest absolute Gasteiger partial charge is 0.508 e. The Morgan fingerprint density at radius 2 is 1.58 bits per heavy atom. The minimum absolute atomic E-state index is 0.0582. The Morgan fingerprint density at radius 3 is 2.29 bits per heavy atom. The van der Waals surface area contributed by atoms with Gasteiger partial charge >= 0.3 is 0 Å². The highest BCUT2D eigenvalue weighted by Gasteiger charge is 2.60. The number of phenolic OH excluding ortho intramolecular Hbond substituents is 1. The van der Waals surface area contributed by atoms with Gasteiger partial charge in [-0.1, -0.05) is 54.1 Å². The number of hydrogen-bond donors (Lipinski definition) is 1. The highest BCUT2D eigenvalue weighted by Crippen LogP contribution is 2.49. The number of nitrogens with zero attached hydrogens (tertiary/aromatic N) is 2. The summed E-state index contributed by atoms with van der Waals surface area (Å²) >= 11 is 0. The number of aromatic hydroxyl groups is 1. The molecule has 0 aliphatic carbocycles. The molecule has 0 bridgehead atoms. The van der Waals surface area contributed by atoms with Crippen molar-refractivity contribution < 1.29 is 19.5 Å². The Labute approximate surface area is 180 Å². The van der Waals surface area contributed by atoms with Gasteiger partial charge in [-0.15, -0.1) is 0 Å². The normalized spacial score (nSPS) is 22.8. The topological polar surface area (TPSA) is 70.1 Å². The minimum Gasteiger partial charge on any atom is -0.508 e. The van der Waals surface area contributed by atoms with E-state index < -0.39 is 18.1 Å². The van der Waals surface area contributed by atoms with Crippen LogP contribution in [0, 0.1) is 19.8 Å². The lowest BCUT2D eigenvalue weighted by Crippen LogP contribution is -2.37. The second-order valence-electron chi connectivity index (χ2n) is 8.02. The van der Waals surface area contributed by atoms with E-state index >= 15 is 0 Å². The average Bonchev–Trinajstić information content (AvgIpc) is 3.26. The molecule has 156 valence electrons. The quantitative estimate of drug-likeness (QED) is 0.655. The smallest absolute Gasteiger partial charge is 0.266 e. The van der Waals surface area contributed by atoms with Crippen molar-refractivity contribution in [1.29, 1.82) is 0 Å². The monoisotopic (exact) mass is 414 g/mol. The lowest BCUT2D eigenvalue weighted by atomic mass is 9.90. The van der Waals surface area contributed by atoms with E-state index in [0.717, 1.165) is 11.1 Å². The van der Waals surface area contributed by atoms with Crippen LogP contribution in [0.25, 0.3) is 0 Å². The van der Waals surface area contributed by atoms with Crippen LogP contribution >= 0.6 is 0 Å². The van der Waals surface area contributed by atoms with Crippen molar-refractivity contribution in [3.8, 4) is 5.75 Å². The summed E-state index contributed by atoms with van der Waals surface area (Å²) in [6.07, 6.45) is -0.960. The molecule has 3 aromatic carbocycles. The second-order valence-corrected chi connectivity index (χ2v) is 8.02. The van der Waals surface area contributed by atoms with E-state index in [2.05, 4.69) is 0 Å². The summed E-state index contributed by atoms with van der Waals surface area (Å²) in [5.74, 6) is -1.43. The van der Waals surface area contributed by atoms with Gasteiger partial charge in [-0.05, 0) is 43.7 Å². The van der Waals surface area contributed by atoms with Crippen LogP contribution in [0.5, 0.6) is 5.75 Å². The maximum absolute atomic E-state index is 13.6. The number of hydroxylamine groups is 1. The maximum atomic E-state index is 13.6. The molecule has 3 atom stereocenters. The van der Waals surface area contributed by atoms with Crippen LogP contribution in [-0.2, 0) is 14.4 Å². The Balaban J connectivity index is 1.61. The van der Waals surface area contributed by atoms with Crippen LogP contribution in [0.15, 0.2) is 72.8 Å². The van der Waals surface area contributed by atoms with E-state index in [1.807, 2.05) is 56.3 Å². The van der Waals surface area contributed by atoms with Gasteiger partial charge in [-0.3, -0.25) is 14.4 Å². The summed E-state index contributed by atoms with van der Waals surface area (Å²) < 4.78 is 0. The summed E-state index contributed by atoms with van der Waals surface area (Å²) in [4.78, 5) is 34.3. The second kappa shape index (κ2) is 7.25. The molecule has 5 rings (SSSR count). The van der Waals surface area contributed by atoms with Crippen molar-refractivity contribution in [2.24, 2.45) is 5.92 Å². The number of carbonyl (C=O) groups excluding carboxylic acids is 2. The first-order chi connectivity index (χ1) is 15.0.